The number of rotatable bonds is 11. The number of amides is 2. The third-order valence-electron chi connectivity index (χ3n) is 7.44. The summed E-state index contributed by atoms with van der Waals surface area (Å²) in [5.41, 5.74) is 0.767. The highest BCUT2D eigenvalue weighted by atomic mass is 35.5. The zero-order chi connectivity index (χ0) is 37.3. The number of halogens is 3. The van der Waals surface area contributed by atoms with Crippen molar-refractivity contribution in [3.63, 3.8) is 0 Å². The van der Waals surface area contributed by atoms with E-state index in [2.05, 4.69) is 14.5 Å². The molecular weight excluding hydrogens is 752 g/mol. The summed E-state index contributed by atoms with van der Waals surface area (Å²) in [4.78, 5) is 26.4. The van der Waals surface area contributed by atoms with Crippen LogP contribution in [0.4, 0.5) is 29.3 Å². The van der Waals surface area contributed by atoms with Crippen molar-refractivity contribution in [1.82, 2.24) is 14.5 Å². The van der Waals surface area contributed by atoms with Gasteiger partial charge >= 0.3 is 12.2 Å². The van der Waals surface area contributed by atoms with E-state index in [0.29, 0.717) is 23.4 Å². The van der Waals surface area contributed by atoms with Crippen LogP contribution in [0.15, 0.2) is 82.5 Å². The van der Waals surface area contributed by atoms with Crippen molar-refractivity contribution in [2.24, 2.45) is 0 Å². The van der Waals surface area contributed by atoms with Crippen LogP contribution in [-0.2, 0) is 16.6 Å². The second kappa shape index (κ2) is 14.3. The Balaban J connectivity index is 1.37. The number of methoxy groups -OCH3 is 2. The second-order valence-corrected chi connectivity index (χ2v) is 13.5. The lowest BCUT2D eigenvalue weighted by molar-refractivity contribution is 0.183. The van der Waals surface area contributed by atoms with Gasteiger partial charge in [-0.25, -0.2) is 36.1 Å². The molecular formula is C32H22ClF2N5O10S2. The molecule has 0 spiro atoms. The normalized spacial score (nSPS) is 11.3. The van der Waals surface area contributed by atoms with Crippen LogP contribution < -0.4 is 23.4 Å². The van der Waals surface area contributed by atoms with E-state index in [1.54, 1.807) is 18.2 Å². The summed E-state index contributed by atoms with van der Waals surface area (Å²) in [5.74, 6) is -3.71. The largest absolute Gasteiger partial charge is 0.497 e. The van der Waals surface area contributed by atoms with Crippen LogP contribution in [0.3, 0.4) is 0 Å². The minimum absolute atomic E-state index is 0.0256. The van der Waals surface area contributed by atoms with E-state index in [1.165, 1.54) is 50.6 Å². The monoisotopic (exact) mass is 773 g/mol. The number of nitrogens with zero attached hydrogens (tertiary/aromatic N) is 5. The molecule has 0 aliphatic rings. The minimum atomic E-state index is -4.69. The lowest BCUT2D eigenvalue weighted by atomic mass is 10.0. The molecule has 2 amide bonds. The highest BCUT2D eigenvalue weighted by molar-refractivity contribution is 7.93. The molecule has 0 saturated heterocycles. The van der Waals surface area contributed by atoms with Crippen molar-refractivity contribution in [3.8, 4) is 34.1 Å². The number of ether oxygens (including phenoxy) is 3. The fourth-order valence-electron chi connectivity index (χ4n) is 5.02. The Morgan fingerprint density at radius 1 is 0.942 bits per heavy atom. The van der Waals surface area contributed by atoms with Gasteiger partial charge in [0.25, 0.3) is 10.0 Å². The highest BCUT2D eigenvalue weighted by Crippen LogP contribution is 2.41. The molecule has 15 nitrogen and oxygen atoms in total. The van der Waals surface area contributed by atoms with Gasteiger partial charge < -0.3 is 28.9 Å². The molecule has 6 rings (SSSR count). The molecule has 0 aliphatic carbocycles. The Morgan fingerprint density at radius 3 is 2.31 bits per heavy atom. The molecule has 2 aromatic heterocycles. The first-order chi connectivity index (χ1) is 24.8. The van der Waals surface area contributed by atoms with Gasteiger partial charge in [-0.2, -0.15) is 9.27 Å². The number of anilines is 2. The number of carbonyl (C=O) groups is 2. The number of aromatic nitrogens is 3. The van der Waals surface area contributed by atoms with E-state index in [0.717, 1.165) is 22.2 Å². The van der Waals surface area contributed by atoms with Gasteiger partial charge in [0.05, 0.1) is 31.0 Å². The number of imide groups is 1. The first kappa shape index (κ1) is 35.8. The summed E-state index contributed by atoms with van der Waals surface area (Å²) >= 11 is 6.98. The molecule has 4 aromatic carbocycles. The third kappa shape index (κ3) is 6.83. The van der Waals surface area contributed by atoms with Gasteiger partial charge in [-0.3, -0.25) is 0 Å². The second-order valence-electron chi connectivity index (χ2n) is 10.5. The number of fused-ring (bicyclic) bond motifs is 1. The van der Waals surface area contributed by atoms with Crippen molar-refractivity contribution in [2.45, 2.75) is 11.4 Å². The lowest BCUT2D eigenvalue weighted by Gasteiger charge is -2.23. The summed E-state index contributed by atoms with van der Waals surface area (Å²) in [7, 11) is -1.86. The zero-order valence-corrected chi connectivity index (χ0v) is 28.9. The summed E-state index contributed by atoms with van der Waals surface area (Å²) in [6.45, 7) is -0.352. The molecule has 0 bridgehead atoms. The Kier molecular flexibility index (Phi) is 9.83. The van der Waals surface area contributed by atoms with Gasteiger partial charge in [0, 0.05) is 33.7 Å². The molecule has 0 saturated carbocycles. The summed E-state index contributed by atoms with van der Waals surface area (Å²) in [5, 5.41) is 22.4. The average molecular weight is 774 g/mol. The van der Waals surface area contributed by atoms with Crippen LogP contribution >= 0.6 is 23.1 Å². The average Bonchev–Trinajstić information content (AvgIpc) is 3.79. The van der Waals surface area contributed by atoms with Crippen molar-refractivity contribution in [1.29, 1.82) is 0 Å². The Labute approximate surface area is 301 Å². The van der Waals surface area contributed by atoms with Crippen LogP contribution in [-0.4, -0.2) is 59.6 Å². The maximum absolute atomic E-state index is 15.8. The van der Waals surface area contributed by atoms with Gasteiger partial charge in [-0.1, -0.05) is 22.8 Å². The third-order valence-corrected chi connectivity index (χ3v) is 10.2. The van der Waals surface area contributed by atoms with Crippen molar-refractivity contribution in [2.75, 3.05) is 23.4 Å². The Morgan fingerprint density at radius 2 is 1.67 bits per heavy atom. The SMILES string of the molecule is COc1ccc(CN(c2ncns2)S(=O)(=O)c2cc(F)c(Oc3ccc(Cl)cc3-c3ccc4onc(N(C(=O)O)C(=O)O)c4c3)c(F)c2)c(OC)c1. The number of benzene rings is 4. The van der Waals surface area contributed by atoms with Crippen molar-refractivity contribution < 1.29 is 55.7 Å². The number of carboxylic acid groups (broad SMARTS) is 2. The number of hydrogen-bond acceptors (Lipinski definition) is 12. The van der Waals surface area contributed by atoms with E-state index in [1.807, 2.05) is 0 Å². The standard InChI is InChI=1S/C32H22ClF2N5O10S2/c1-47-19-6-3-17(27(11-19)48-2)14-39(30-36-15-37-51-30)52(45,46)20-12-23(34)28(24(35)13-20)49-25-8-5-18(33)10-21(25)16-4-7-26-22(9-16)29(38-50-26)40(31(41)42)32(43)44/h3-13,15H,14H2,1-2H3,(H,41,42)(H,43,44). The minimum Gasteiger partial charge on any atom is -0.497 e. The smallest absolute Gasteiger partial charge is 0.422 e. The van der Waals surface area contributed by atoms with Crippen LogP contribution in [0.25, 0.3) is 22.1 Å². The van der Waals surface area contributed by atoms with Crippen LogP contribution in [0.2, 0.25) is 5.02 Å². The molecule has 0 unspecified atom stereocenters. The first-order valence-corrected chi connectivity index (χ1v) is 17.0. The first-order valence-electron chi connectivity index (χ1n) is 14.4. The molecule has 0 aliphatic heterocycles. The van der Waals surface area contributed by atoms with E-state index < -0.39 is 50.3 Å². The molecule has 268 valence electrons. The van der Waals surface area contributed by atoms with Crippen molar-refractivity contribution in [3.05, 3.63) is 95.3 Å². The van der Waals surface area contributed by atoms with Crippen LogP contribution in [0.1, 0.15) is 5.56 Å². The zero-order valence-electron chi connectivity index (χ0n) is 26.5. The van der Waals surface area contributed by atoms with Gasteiger partial charge in [-0.15, -0.1) is 0 Å². The molecule has 2 N–H and O–H groups in total. The predicted octanol–water partition coefficient (Wildman–Crippen LogP) is 7.65. The fourth-order valence-corrected chi connectivity index (χ4v) is 7.35. The van der Waals surface area contributed by atoms with Crippen LogP contribution in [0.5, 0.6) is 23.0 Å². The maximum Gasteiger partial charge on any atom is 0.422 e. The van der Waals surface area contributed by atoms with Gasteiger partial charge in [-0.05, 0) is 60.2 Å². The number of hydrogen-bond donors (Lipinski definition) is 2. The lowest BCUT2D eigenvalue weighted by Crippen LogP contribution is -2.34. The molecule has 6 aromatic rings. The fraction of sp³-hybridized carbons (Fsp3) is 0.0938. The maximum atomic E-state index is 15.8. The molecule has 2 heterocycles. The Bertz CT molecular complexity index is 2410. The van der Waals surface area contributed by atoms with Gasteiger partial charge in [0.15, 0.2) is 28.8 Å². The van der Waals surface area contributed by atoms with E-state index in [4.69, 9.17) is 30.3 Å². The van der Waals surface area contributed by atoms with E-state index in [9.17, 15) is 28.2 Å². The topological polar surface area (TPSA) is 195 Å². The highest BCUT2D eigenvalue weighted by Gasteiger charge is 2.32. The van der Waals surface area contributed by atoms with E-state index in [-0.39, 0.29) is 55.2 Å². The van der Waals surface area contributed by atoms with E-state index >= 15 is 8.78 Å². The van der Waals surface area contributed by atoms with Gasteiger partial charge in [0.1, 0.15) is 23.6 Å². The summed E-state index contributed by atoms with van der Waals surface area (Å²) in [6.07, 6.45) is -2.56. The van der Waals surface area contributed by atoms with Crippen LogP contribution in [0, 0.1) is 11.6 Å². The molecule has 52 heavy (non-hydrogen) atoms. The Hall–Kier alpha value is -6.05. The molecule has 0 radical (unpaired) electrons. The van der Waals surface area contributed by atoms with Gasteiger partial charge in [0.2, 0.25) is 5.13 Å². The number of sulfonamides is 1. The van der Waals surface area contributed by atoms with Crippen molar-refractivity contribution >= 4 is 67.3 Å². The summed E-state index contributed by atoms with van der Waals surface area (Å²) < 4.78 is 85.5. The molecule has 0 atom stereocenters. The molecule has 20 heteroatoms. The predicted molar refractivity (Wildman–Crippen MR) is 182 cm³/mol. The molecule has 0 fully saturated rings. The quantitative estimate of drug-likeness (QED) is 0.130. The summed E-state index contributed by atoms with van der Waals surface area (Å²) in [6, 6.07) is 14.0.